The molecule has 0 bridgehead atoms. The van der Waals surface area contributed by atoms with Crippen molar-refractivity contribution in [2.24, 2.45) is 23.5 Å². The van der Waals surface area contributed by atoms with Gasteiger partial charge in [0.15, 0.2) is 0 Å². The lowest BCUT2D eigenvalue weighted by Crippen LogP contribution is -2.42. The molecule has 1 aliphatic carbocycles. The van der Waals surface area contributed by atoms with E-state index in [4.69, 9.17) is 5.73 Å². The van der Waals surface area contributed by atoms with E-state index in [1.165, 1.54) is 38.8 Å². The average molecular weight is 210 g/mol. The molecule has 2 fully saturated rings. The third-order valence-electron chi connectivity index (χ3n) is 4.54. The van der Waals surface area contributed by atoms with Crippen molar-refractivity contribution >= 4 is 0 Å². The van der Waals surface area contributed by atoms with Gasteiger partial charge in [0.25, 0.3) is 0 Å². The quantitative estimate of drug-likeness (QED) is 0.756. The lowest BCUT2D eigenvalue weighted by molar-refractivity contribution is 0.109. The molecule has 0 aromatic carbocycles. The highest BCUT2D eigenvalue weighted by Gasteiger charge is 2.33. The minimum Gasteiger partial charge on any atom is -0.330 e. The lowest BCUT2D eigenvalue weighted by atomic mass is 9.79. The molecule has 0 aromatic heterocycles. The van der Waals surface area contributed by atoms with E-state index >= 15 is 0 Å². The lowest BCUT2D eigenvalue weighted by Gasteiger charge is -2.39. The van der Waals surface area contributed by atoms with Crippen molar-refractivity contribution in [3.63, 3.8) is 0 Å². The van der Waals surface area contributed by atoms with Gasteiger partial charge in [0.05, 0.1) is 0 Å². The van der Waals surface area contributed by atoms with Crippen LogP contribution >= 0.6 is 0 Å². The molecule has 1 heterocycles. The Morgan fingerprint density at radius 1 is 1.20 bits per heavy atom. The van der Waals surface area contributed by atoms with Crippen LogP contribution in [0.25, 0.3) is 0 Å². The smallest absolute Gasteiger partial charge is 0.0123 e. The number of hydrogen-bond donors (Lipinski definition) is 1. The highest BCUT2D eigenvalue weighted by atomic mass is 15.2. The number of hydrogen-bond acceptors (Lipinski definition) is 2. The first kappa shape index (κ1) is 11.4. The predicted octanol–water partition coefficient (Wildman–Crippen LogP) is 2.09. The number of likely N-dealkylation sites (tertiary alicyclic amines) is 1. The predicted molar refractivity (Wildman–Crippen MR) is 64.7 cm³/mol. The summed E-state index contributed by atoms with van der Waals surface area (Å²) < 4.78 is 0. The van der Waals surface area contributed by atoms with Crippen molar-refractivity contribution in [2.75, 3.05) is 19.6 Å². The minimum absolute atomic E-state index is 0.773. The molecular formula is C13H26N2. The van der Waals surface area contributed by atoms with E-state index in [1.807, 2.05) is 0 Å². The maximum atomic E-state index is 5.76. The van der Waals surface area contributed by atoms with Crippen molar-refractivity contribution in [3.05, 3.63) is 0 Å². The van der Waals surface area contributed by atoms with Crippen molar-refractivity contribution in [2.45, 2.75) is 45.6 Å². The maximum absolute atomic E-state index is 5.76. The van der Waals surface area contributed by atoms with E-state index in [9.17, 15) is 0 Å². The van der Waals surface area contributed by atoms with Gasteiger partial charge in [-0.3, -0.25) is 4.90 Å². The Labute approximate surface area is 94.2 Å². The highest BCUT2D eigenvalue weighted by Crippen LogP contribution is 2.34. The maximum Gasteiger partial charge on any atom is 0.0123 e. The molecule has 2 heteroatoms. The van der Waals surface area contributed by atoms with Gasteiger partial charge in [0.1, 0.15) is 0 Å². The molecule has 15 heavy (non-hydrogen) atoms. The van der Waals surface area contributed by atoms with Crippen LogP contribution in [-0.4, -0.2) is 30.6 Å². The summed E-state index contributed by atoms with van der Waals surface area (Å²) in [4.78, 5) is 2.72. The first-order valence-corrected chi connectivity index (χ1v) is 6.64. The van der Waals surface area contributed by atoms with Gasteiger partial charge in [-0.1, -0.05) is 20.3 Å². The van der Waals surface area contributed by atoms with Gasteiger partial charge in [0.2, 0.25) is 0 Å². The topological polar surface area (TPSA) is 29.3 Å². The normalized spacial score (nSPS) is 43.4. The molecule has 1 saturated carbocycles. The van der Waals surface area contributed by atoms with Crippen LogP contribution in [-0.2, 0) is 0 Å². The fourth-order valence-corrected chi connectivity index (χ4v) is 3.37. The van der Waals surface area contributed by atoms with Crippen LogP contribution < -0.4 is 5.73 Å². The monoisotopic (exact) mass is 210 g/mol. The number of nitrogens with two attached hydrogens (primary N) is 1. The van der Waals surface area contributed by atoms with E-state index in [0.29, 0.717) is 0 Å². The molecule has 2 aliphatic rings. The summed E-state index contributed by atoms with van der Waals surface area (Å²) in [6, 6.07) is 0.852. The van der Waals surface area contributed by atoms with Crippen molar-refractivity contribution in [3.8, 4) is 0 Å². The molecule has 1 aliphatic heterocycles. The standard InChI is InChI=1S/C13H26N2/c1-10-3-4-11(2)13(7-10)15-6-5-12(8-14)9-15/h10-13H,3-9,14H2,1-2H3. The zero-order chi connectivity index (χ0) is 10.8. The Bertz CT molecular complexity index is 205. The molecule has 88 valence electrons. The zero-order valence-corrected chi connectivity index (χ0v) is 10.3. The van der Waals surface area contributed by atoms with E-state index in [2.05, 4.69) is 18.7 Å². The molecular weight excluding hydrogens is 184 g/mol. The van der Waals surface area contributed by atoms with Crippen LogP contribution in [0.3, 0.4) is 0 Å². The third kappa shape index (κ3) is 2.54. The van der Waals surface area contributed by atoms with Crippen molar-refractivity contribution < 1.29 is 0 Å². The molecule has 0 radical (unpaired) electrons. The fourth-order valence-electron chi connectivity index (χ4n) is 3.37. The largest absolute Gasteiger partial charge is 0.330 e. The van der Waals surface area contributed by atoms with Gasteiger partial charge in [-0.05, 0) is 50.1 Å². The van der Waals surface area contributed by atoms with E-state index < -0.39 is 0 Å². The van der Waals surface area contributed by atoms with Gasteiger partial charge < -0.3 is 5.73 Å². The zero-order valence-electron chi connectivity index (χ0n) is 10.3. The summed E-state index contributed by atoms with van der Waals surface area (Å²) in [5, 5.41) is 0. The molecule has 2 N–H and O–H groups in total. The Hall–Kier alpha value is -0.0800. The van der Waals surface area contributed by atoms with Crippen LogP contribution in [0.1, 0.15) is 39.5 Å². The Balaban J connectivity index is 1.91. The molecule has 0 aromatic rings. The summed E-state index contributed by atoms with van der Waals surface area (Å²) in [6.07, 6.45) is 5.61. The number of nitrogens with zero attached hydrogens (tertiary/aromatic N) is 1. The van der Waals surface area contributed by atoms with Crippen LogP contribution in [0.15, 0.2) is 0 Å². The van der Waals surface area contributed by atoms with Gasteiger partial charge in [0, 0.05) is 12.6 Å². The van der Waals surface area contributed by atoms with Crippen molar-refractivity contribution in [1.29, 1.82) is 0 Å². The third-order valence-corrected chi connectivity index (χ3v) is 4.54. The minimum atomic E-state index is 0.773. The van der Waals surface area contributed by atoms with Gasteiger partial charge in [-0.2, -0.15) is 0 Å². The van der Waals surface area contributed by atoms with Crippen LogP contribution in [0.2, 0.25) is 0 Å². The molecule has 0 spiro atoms. The Kier molecular flexibility index (Phi) is 3.68. The molecule has 4 atom stereocenters. The second-order valence-electron chi connectivity index (χ2n) is 5.85. The molecule has 2 rings (SSSR count). The highest BCUT2D eigenvalue weighted by molar-refractivity contribution is 4.88. The summed E-state index contributed by atoms with van der Waals surface area (Å²) in [7, 11) is 0. The van der Waals surface area contributed by atoms with Crippen LogP contribution in [0, 0.1) is 17.8 Å². The van der Waals surface area contributed by atoms with Gasteiger partial charge in [-0.15, -0.1) is 0 Å². The summed E-state index contributed by atoms with van der Waals surface area (Å²) >= 11 is 0. The van der Waals surface area contributed by atoms with E-state index in [1.54, 1.807) is 0 Å². The first-order chi connectivity index (χ1) is 7.20. The van der Waals surface area contributed by atoms with E-state index in [0.717, 1.165) is 30.3 Å². The van der Waals surface area contributed by atoms with Crippen molar-refractivity contribution in [1.82, 2.24) is 4.90 Å². The summed E-state index contributed by atoms with van der Waals surface area (Å²) in [5.41, 5.74) is 5.76. The first-order valence-electron chi connectivity index (χ1n) is 6.64. The Morgan fingerprint density at radius 3 is 2.67 bits per heavy atom. The average Bonchev–Trinajstić information content (AvgIpc) is 2.70. The van der Waals surface area contributed by atoms with E-state index in [-0.39, 0.29) is 0 Å². The summed E-state index contributed by atoms with van der Waals surface area (Å²) in [5.74, 6) is 2.61. The van der Waals surface area contributed by atoms with Crippen LogP contribution in [0.4, 0.5) is 0 Å². The summed E-state index contributed by atoms with van der Waals surface area (Å²) in [6.45, 7) is 8.29. The number of rotatable bonds is 2. The molecule has 4 unspecified atom stereocenters. The molecule has 2 nitrogen and oxygen atoms in total. The van der Waals surface area contributed by atoms with Crippen LogP contribution in [0.5, 0.6) is 0 Å². The second-order valence-corrected chi connectivity index (χ2v) is 5.85. The second kappa shape index (κ2) is 4.84. The van der Waals surface area contributed by atoms with Gasteiger partial charge in [-0.25, -0.2) is 0 Å². The fraction of sp³-hybridized carbons (Fsp3) is 1.00. The SMILES string of the molecule is CC1CCC(C)C(N2CCC(CN)C2)C1. The molecule has 0 amide bonds. The van der Waals surface area contributed by atoms with Gasteiger partial charge >= 0.3 is 0 Å². The molecule has 1 saturated heterocycles. The Morgan fingerprint density at radius 2 is 2.00 bits per heavy atom.